The predicted molar refractivity (Wildman–Crippen MR) is 304 cm³/mol. The third-order valence-corrected chi connectivity index (χ3v) is 13.7. The third-order valence-electron chi connectivity index (χ3n) is 13.1. The summed E-state index contributed by atoms with van der Waals surface area (Å²) < 4.78 is 0. The molecule has 8 amide bonds. The van der Waals surface area contributed by atoms with Crippen LogP contribution in [0.2, 0.25) is 0 Å². The summed E-state index contributed by atoms with van der Waals surface area (Å²) in [6, 6.07) is 4.59. The van der Waals surface area contributed by atoms with Crippen molar-refractivity contribution in [3.05, 3.63) is 71.9 Å². The molecule has 0 saturated heterocycles. The zero-order valence-corrected chi connectivity index (χ0v) is 47.5. The summed E-state index contributed by atoms with van der Waals surface area (Å²) >= 11 is 1.39. The molecule has 0 bridgehead atoms. The second kappa shape index (κ2) is 34.8. The molecule has 9 unspecified atom stereocenters. The van der Waals surface area contributed by atoms with Crippen molar-refractivity contribution in [3.63, 3.8) is 0 Å². The van der Waals surface area contributed by atoms with Crippen molar-refractivity contribution in [3.8, 4) is 0 Å². The number of nitrogens with two attached hydrogens (primary N) is 3. The SMILES string of the molecule is CSCCC(NC(=O)C(CCCCN)NC(=O)C(CC(C)C)NC(=O)C(N)Cc1ccccc1)C(=O)NC(Cc1c[nH]c2ccccc12)C(=O)NC(CCCCN)C(=O)NC(CC(=O)O)C(=O)NC(C)C(=O)NC(C(=O)O)C(C)C. The van der Waals surface area contributed by atoms with E-state index in [1.165, 1.54) is 18.7 Å². The largest absolute Gasteiger partial charge is 0.481 e. The maximum atomic E-state index is 14.7. The van der Waals surface area contributed by atoms with Crippen molar-refractivity contribution in [1.29, 1.82) is 0 Å². The molecule has 1 aromatic heterocycles. The predicted octanol–water partition coefficient (Wildman–Crippen LogP) is 0.451. The Labute approximate surface area is 471 Å². The second-order valence-electron chi connectivity index (χ2n) is 20.6. The van der Waals surface area contributed by atoms with E-state index in [9.17, 15) is 58.2 Å². The molecular weight excluding hydrogens is 1050 g/mol. The van der Waals surface area contributed by atoms with E-state index in [4.69, 9.17) is 17.2 Å². The lowest BCUT2D eigenvalue weighted by atomic mass is 10.00. The van der Waals surface area contributed by atoms with Crippen LogP contribution in [0.4, 0.5) is 0 Å². The third kappa shape index (κ3) is 22.9. The van der Waals surface area contributed by atoms with E-state index in [0.29, 0.717) is 37.1 Å². The van der Waals surface area contributed by atoms with Crippen LogP contribution in [0.25, 0.3) is 10.9 Å². The lowest BCUT2D eigenvalue weighted by Gasteiger charge is -2.28. The van der Waals surface area contributed by atoms with E-state index >= 15 is 0 Å². The van der Waals surface area contributed by atoms with Crippen LogP contribution in [-0.2, 0) is 60.8 Å². The molecule has 0 saturated carbocycles. The average molecular weight is 1140 g/mol. The Hall–Kier alpha value is -7.09. The van der Waals surface area contributed by atoms with E-state index in [0.717, 1.165) is 16.5 Å². The Morgan fingerprint density at radius 1 is 0.550 bits per heavy atom. The highest BCUT2D eigenvalue weighted by molar-refractivity contribution is 7.98. The van der Waals surface area contributed by atoms with E-state index in [-0.39, 0.29) is 57.4 Å². The van der Waals surface area contributed by atoms with Crippen LogP contribution >= 0.6 is 11.8 Å². The number of para-hydroxylation sites is 1. The first kappa shape index (κ1) is 67.2. The van der Waals surface area contributed by atoms with Gasteiger partial charge < -0.3 is 74.9 Å². The van der Waals surface area contributed by atoms with Gasteiger partial charge in [-0.3, -0.25) is 43.2 Å². The molecule has 24 nitrogen and oxygen atoms in total. The molecule has 25 heteroatoms. The van der Waals surface area contributed by atoms with E-state index < -0.39 is 126 Å². The standard InChI is InChI=1S/C55H84N12O12S/c1-31(2)26-42(64-48(71)37(58)27-34-16-8-7-9-17-34)53(76)61-39(20-12-14-23-56)49(72)63-41(22-25-80-6)51(74)65-43(28-35-30-59-38-19-11-10-18-36(35)38)54(77)62-40(21-13-15-24-57)50(73)66-44(29-45(68)69)52(75)60-33(5)47(70)67-46(32(3)4)55(78)79/h7-11,16-19,30-33,37,39-44,46,59H,12-15,20-29,56-58H2,1-6H3,(H,60,75)(H,61,76)(H,62,77)(H,63,72)(H,64,71)(H,65,74)(H,66,73)(H,67,70)(H,68,69)(H,78,79). The van der Waals surface area contributed by atoms with Gasteiger partial charge in [0.25, 0.3) is 0 Å². The van der Waals surface area contributed by atoms with Gasteiger partial charge in [-0.2, -0.15) is 11.8 Å². The van der Waals surface area contributed by atoms with Crippen molar-refractivity contribution in [2.24, 2.45) is 29.0 Å². The number of nitrogens with one attached hydrogen (secondary N) is 9. The van der Waals surface area contributed by atoms with Crippen molar-refractivity contribution in [2.45, 2.75) is 160 Å². The number of carbonyl (C=O) groups is 10. The number of carbonyl (C=O) groups excluding carboxylic acids is 8. The molecule has 0 spiro atoms. The summed E-state index contributed by atoms with van der Waals surface area (Å²) in [4.78, 5) is 139. The van der Waals surface area contributed by atoms with E-state index in [1.54, 1.807) is 32.4 Å². The van der Waals surface area contributed by atoms with Gasteiger partial charge >= 0.3 is 11.9 Å². The quantitative estimate of drug-likeness (QED) is 0.0349. The molecule has 3 aromatic rings. The van der Waals surface area contributed by atoms with Crippen molar-refractivity contribution in [2.75, 3.05) is 25.1 Å². The number of benzene rings is 2. The summed E-state index contributed by atoms with van der Waals surface area (Å²) in [5.74, 6) is -9.51. The lowest BCUT2D eigenvalue weighted by molar-refractivity contribution is -0.144. The first-order chi connectivity index (χ1) is 38.0. The number of aromatic amines is 1. The number of unbranched alkanes of at least 4 members (excludes halogenated alkanes) is 2. The van der Waals surface area contributed by atoms with Crippen LogP contribution in [0.15, 0.2) is 60.8 Å². The summed E-state index contributed by atoms with van der Waals surface area (Å²) in [6.45, 7) is 8.65. The van der Waals surface area contributed by atoms with Gasteiger partial charge in [0.05, 0.1) is 12.5 Å². The van der Waals surface area contributed by atoms with Crippen LogP contribution < -0.4 is 59.7 Å². The number of thioether (sulfide) groups is 1. The fraction of sp³-hybridized carbons (Fsp3) is 0.564. The Morgan fingerprint density at radius 3 is 1.56 bits per heavy atom. The van der Waals surface area contributed by atoms with Gasteiger partial charge in [-0.05, 0) is 119 Å². The van der Waals surface area contributed by atoms with Crippen LogP contribution in [0, 0.1) is 11.8 Å². The fourth-order valence-corrected chi connectivity index (χ4v) is 9.09. The number of hydrogen-bond donors (Lipinski definition) is 14. The number of H-pyrrole nitrogens is 1. The minimum atomic E-state index is -1.78. The van der Waals surface area contributed by atoms with Gasteiger partial charge in [0, 0.05) is 23.5 Å². The van der Waals surface area contributed by atoms with E-state index in [1.807, 2.05) is 62.4 Å². The van der Waals surface area contributed by atoms with Gasteiger partial charge in [-0.15, -0.1) is 0 Å². The number of hydrogen-bond acceptors (Lipinski definition) is 14. The molecule has 17 N–H and O–H groups in total. The lowest BCUT2D eigenvalue weighted by Crippen LogP contribution is -2.60. The minimum absolute atomic E-state index is 0.0552. The maximum Gasteiger partial charge on any atom is 0.326 e. The monoisotopic (exact) mass is 1140 g/mol. The number of rotatable bonds is 37. The molecule has 0 aliphatic carbocycles. The Kier molecular flexibility index (Phi) is 29.2. The average Bonchev–Trinajstić information content (AvgIpc) is 3.81. The summed E-state index contributed by atoms with van der Waals surface area (Å²) in [5, 5.41) is 40.9. The van der Waals surface area contributed by atoms with Gasteiger partial charge in [0.1, 0.15) is 48.3 Å². The Balaban J connectivity index is 1.95. The molecule has 1 heterocycles. The topological polar surface area (TPSA) is 401 Å². The molecule has 0 aliphatic heterocycles. The highest BCUT2D eigenvalue weighted by Crippen LogP contribution is 2.20. The van der Waals surface area contributed by atoms with Gasteiger partial charge in [0.15, 0.2) is 0 Å². The number of amides is 8. The number of aliphatic carboxylic acids is 2. The zero-order chi connectivity index (χ0) is 59.5. The molecule has 0 aliphatic rings. The number of fused-ring (bicyclic) bond motifs is 1. The Morgan fingerprint density at radius 2 is 1.04 bits per heavy atom. The molecule has 80 heavy (non-hydrogen) atoms. The van der Waals surface area contributed by atoms with E-state index in [2.05, 4.69) is 47.5 Å². The van der Waals surface area contributed by atoms with Gasteiger partial charge in [-0.1, -0.05) is 76.2 Å². The summed E-state index contributed by atoms with van der Waals surface area (Å²) in [5.41, 5.74) is 20.0. The van der Waals surface area contributed by atoms with Crippen molar-refractivity contribution < 1.29 is 58.2 Å². The molecule has 3 rings (SSSR count). The van der Waals surface area contributed by atoms with Crippen LogP contribution in [-0.4, -0.2) is 154 Å². The molecule has 9 atom stereocenters. The number of carboxylic acids is 2. The first-order valence-electron chi connectivity index (χ1n) is 27.1. The maximum absolute atomic E-state index is 14.7. The molecular formula is C55H84N12O12S. The first-order valence-corrected chi connectivity index (χ1v) is 28.5. The molecule has 2 aromatic carbocycles. The Bertz CT molecular complexity index is 2530. The fourth-order valence-electron chi connectivity index (χ4n) is 8.62. The second-order valence-corrected chi connectivity index (χ2v) is 21.6. The van der Waals surface area contributed by atoms with Gasteiger partial charge in [-0.25, -0.2) is 4.79 Å². The molecule has 442 valence electrons. The number of carboxylic acid groups (broad SMARTS) is 2. The normalized spacial score (nSPS) is 14.7. The van der Waals surface area contributed by atoms with Gasteiger partial charge in [0.2, 0.25) is 47.3 Å². The van der Waals surface area contributed by atoms with Crippen LogP contribution in [0.1, 0.15) is 104 Å². The zero-order valence-electron chi connectivity index (χ0n) is 46.6. The number of aromatic nitrogens is 1. The molecule has 0 radical (unpaired) electrons. The highest BCUT2D eigenvalue weighted by Gasteiger charge is 2.36. The summed E-state index contributed by atoms with van der Waals surface area (Å²) in [6.07, 6.45) is 4.56. The highest BCUT2D eigenvalue weighted by atomic mass is 32.2. The van der Waals surface area contributed by atoms with Crippen LogP contribution in [0.3, 0.4) is 0 Å². The summed E-state index contributed by atoms with van der Waals surface area (Å²) in [7, 11) is 0. The molecule has 0 fully saturated rings. The van der Waals surface area contributed by atoms with Crippen molar-refractivity contribution in [1.82, 2.24) is 47.5 Å². The van der Waals surface area contributed by atoms with Crippen LogP contribution in [0.5, 0.6) is 0 Å². The smallest absolute Gasteiger partial charge is 0.326 e. The van der Waals surface area contributed by atoms with Crippen molar-refractivity contribution >= 4 is 81.9 Å². The minimum Gasteiger partial charge on any atom is -0.481 e.